The summed E-state index contributed by atoms with van der Waals surface area (Å²) in [5.74, 6) is 1.92. The zero-order chi connectivity index (χ0) is 34.9. The highest BCUT2D eigenvalue weighted by Gasteiger charge is 2.20. The summed E-state index contributed by atoms with van der Waals surface area (Å²) in [4.78, 5) is 15.3. The molecule has 0 aliphatic rings. The predicted molar refractivity (Wildman–Crippen MR) is 219 cm³/mol. The Hall–Kier alpha value is -7.17. The van der Waals surface area contributed by atoms with Crippen LogP contribution in [0.25, 0.3) is 110 Å². The summed E-state index contributed by atoms with van der Waals surface area (Å²) in [6.45, 7) is 0. The minimum Gasteiger partial charge on any atom is -0.455 e. The molecule has 4 nitrogen and oxygen atoms in total. The Kier molecular flexibility index (Phi) is 6.52. The molecule has 11 rings (SSSR count). The first-order chi connectivity index (χ1) is 26.3. The zero-order valence-electron chi connectivity index (χ0n) is 28.5. The van der Waals surface area contributed by atoms with Crippen molar-refractivity contribution in [2.45, 2.75) is 0 Å². The maximum atomic E-state index is 6.75. The van der Waals surface area contributed by atoms with Gasteiger partial charge in [-0.15, -0.1) is 0 Å². The lowest BCUT2D eigenvalue weighted by Gasteiger charge is -2.14. The summed E-state index contributed by atoms with van der Waals surface area (Å²) in [6.07, 6.45) is 0. The molecule has 0 saturated heterocycles. The number of hydrogen-bond donors (Lipinski definition) is 0. The van der Waals surface area contributed by atoms with E-state index >= 15 is 0 Å². The van der Waals surface area contributed by atoms with Crippen molar-refractivity contribution in [3.8, 4) is 45.3 Å². The second-order valence-corrected chi connectivity index (χ2v) is 13.5. The molecule has 4 heteroatoms. The van der Waals surface area contributed by atoms with Crippen LogP contribution in [0.15, 0.2) is 180 Å². The number of rotatable bonds is 4. The third kappa shape index (κ3) is 4.73. The van der Waals surface area contributed by atoms with Crippen LogP contribution in [0.2, 0.25) is 0 Å². The van der Waals surface area contributed by atoms with Crippen molar-refractivity contribution in [1.82, 2.24) is 15.0 Å². The number of hydrogen-bond acceptors (Lipinski definition) is 4. The molecule has 0 aliphatic carbocycles. The minimum absolute atomic E-state index is 0.634. The lowest BCUT2D eigenvalue weighted by molar-refractivity contribution is 0.673. The highest BCUT2D eigenvalue weighted by Crippen LogP contribution is 2.44. The molecule has 246 valence electrons. The molecule has 0 aliphatic heterocycles. The summed E-state index contributed by atoms with van der Waals surface area (Å²) in [6, 6.07) is 61.5. The number of benzene rings is 9. The fourth-order valence-electron chi connectivity index (χ4n) is 7.99. The molecular formula is C49H29N3O. The van der Waals surface area contributed by atoms with E-state index in [1.54, 1.807) is 0 Å². The fraction of sp³-hybridized carbons (Fsp3) is 0. The summed E-state index contributed by atoms with van der Waals surface area (Å²) < 4.78 is 6.75. The molecule has 0 spiro atoms. The summed E-state index contributed by atoms with van der Waals surface area (Å²) in [5.41, 5.74) is 6.89. The molecule has 11 aromatic rings. The smallest absolute Gasteiger partial charge is 0.164 e. The van der Waals surface area contributed by atoms with Crippen LogP contribution < -0.4 is 0 Å². The van der Waals surface area contributed by atoms with E-state index in [9.17, 15) is 0 Å². The van der Waals surface area contributed by atoms with Gasteiger partial charge in [-0.2, -0.15) is 0 Å². The van der Waals surface area contributed by atoms with Crippen LogP contribution in [0.4, 0.5) is 0 Å². The van der Waals surface area contributed by atoms with Gasteiger partial charge in [0.25, 0.3) is 0 Å². The molecule has 53 heavy (non-hydrogen) atoms. The highest BCUT2D eigenvalue weighted by molar-refractivity contribution is 6.25. The first kappa shape index (κ1) is 29.5. The molecule has 0 atom stereocenters. The average molecular weight is 676 g/mol. The van der Waals surface area contributed by atoms with Gasteiger partial charge in [-0.25, -0.2) is 15.0 Å². The topological polar surface area (TPSA) is 51.8 Å². The fourth-order valence-corrected chi connectivity index (χ4v) is 7.99. The van der Waals surface area contributed by atoms with Crippen LogP contribution in [0, 0.1) is 0 Å². The molecule has 0 amide bonds. The molecular weight excluding hydrogens is 647 g/mol. The predicted octanol–water partition coefficient (Wildman–Crippen LogP) is 13.1. The molecule has 0 unspecified atom stereocenters. The van der Waals surface area contributed by atoms with Gasteiger partial charge in [0.15, 0.2) is 17.5 Å². The van der Waals surface area contributed by atoms with E-state index in [-0.39, 0.29) is 0 Å². The molecule has 0 fully saturated rings. The maximum Gasteiger partial charge on any atom is 0.164 e. The van der Waals surface area contributed by atoms with Crippen molar-refractivity contribution in [3.05, 3.63) is 176 Å². The largest absolute Gasteiger partial charge is 0.455 e. The van der Waals surface area contributed by atoms with E-state index in [0.717, 1.165) is 71.3 Å². The van der Waals surface area contributed by atoms with Gasteiger partial charge in [0, 0.05) is 32.8 Å². The highest BCUT2D eigenvalue weighted by atomic mass is 16.3. The van der Waals surface area contributed by atoms with Gasteiger partial charge >= 0.3 is 0 Å². The van der Waals surface area contributed by atoms with Crippen LogP contribution in [-0.2, 0) is 0 Å². The van der Waals surface area contributed by atoms with E-state index in [1.165, 1.54) is 21.5 Å². The maximum absolute atomic E-state index is 6.75. The Morgan fingerprint density at radius 1 is 0.321 bits per heavy atom. The van der Waals surface area contributed by atoms with E-state index < -0.39 is 0 Å². The Balaban J connectivity index is 1.13. The van der Waals surface area contributed by atoms with Crippen molar-refractivity contribution in [2.75, 3.05) is 0 Å². The van der Waals surface area contributed by atoms with Crippen molar-refractivity contribution >= 4 is 65.0 Å². The van der Waals surface area contributed by atoms with E-state index in [0.29, 0.717) is 17.5 Å². The quantitative estimate of drug-likeness (QED) is 0.174. The summed E-state index contributed by atoms with van der Waals surface area (Å²) >= 11 is 0. The second-order valence-electron chi connectivity index (χ2n) is 13.5. The Bertz CT molecular complexity index is 3240. The van der Waals surface area contributed by atoms with E-state index in [4.69, 9.17) is 19.4 Å². The monoisotopic (exact) mass is 675 g/mol. The van der Waals surface area contributed by atoms with Crippen LogP contribution >= 0.6 is 0 Å². The van der Waals surface area contributed by atoms with Crippen molar-refractivity contribution in [3.63, 3.8) is 0 Å². The molecule has 2 heterocycles. The molecule has 0 N–H and O–H groups in total. The first-order valence-electron chi connectivity index (χ1n) is 17.9. The summed E-state index contributed by atoms with van der Waals surface area (Å²) in [7, 11) is 0. The van der Waals surface area contributed by atoms with Gasteiger partial charge in [-0.05, 0) is 73.1 Å². The van der Waals surface area contributed by atoms with Gasteiger partial charge in [-0.3, -0.25) is 0 Å². The van der Waals surface area contributed by atoms with Crippen LogP contribution in [0.1, 0.15) is 0 Å². The van der Waals surface area contributed by atoms with Crippen molar-refractivity contribution in [1.29, 1.82) is 0 Å². The second kappa shape index (κ2) is 11.7. The van der Waals surface area contributed by atoms with Crippen molar-refractivity contribution < 1.29 is 4.42 Å². The summed E-state index contributed by atoms with van der Waals surface area (Å²) in [5, 5.41) is 11.4. The normalized spacial score (nSPS) is 11.8. The number of fused-ring (bicyclic) bond motifs is 9. The SMILES string of the molecule is c1ccc(-c2nc(-c3ccc4ccccc4c3)nc(-c3ccc(-c4cccc5oc6c(ccc7ccc8ccccc8c76)c45)c4ccccc34)n2)cc1. The van der Waals surface area contributed by atoms with Crippen LogP contribution in [-0.4, -0.2) is 15.0 Å². The third-order valence-corrected chi connectivity index (χ3v) is 10.5. The zero-order valence-corrected chi connectivity index (χ0v) is 28.5. The Morgan fingerprint density at radius 3 is 1.79 bits per heavy atom. The van der Waals surface area contributed by atoms with E-state index in [1.807, 2.05) is 30.3 Å². The van der Waals surface area contributed by atoms with Crippen LogP contribution in [0.5, 0.6) is 0 Å². The Morgan fingerprint density at radius 2 is 0.943 bits per heavy atom. The molecule has 0 radical (unpaired) electrons. The number of nitrogens with zero attached hydrogens (tertiary/aromatic N) is 3. The standard InChI is InChI=1S/C49H29N3O/c1-2-13-33(14-3-1)47-50-48(35-24-21-30-11-4-5-15-34(30)29-35)52-49(51-47)41-28-27-39(37-17-8-9-18-38(37)41)40-19-10-20-43-45(40)42-26-25-32-23-22-31-12-6-7-16-36(31)44(32)46(42)53-43/h1-29H. The molecule has 2 aromatic heterocycles. The van der Waals surface area contributed by atoms with Gasteiger partial charge in [-0.1, -0.05) is 152 Å². The minimum atomic E-state index is 0.634. The van der Waals surface area contributed by atoms with Crippen LogP contribution in [0.3, 0.4) is 0 Å². The lowest BCUT2D eigenvalue weighted by atomic mass is 9.91. The van der Waals surface area contributed by atoms with Gasteiger partial charge in [0.2, 0.25) is 0 Å². The lowest BCUT2D eigenvalue weighted by Crippen LogP contribution is -2.00. The molecule has 0 bridgehead atoms. The Labute approximate surface area is 304 Å². The van der Waals surface area contributed by atoms with Gasteiger partial charge in [0.05, 0.1) is 0 Å². The van der Waals surface area contributed by atoms with Crippen molar-refractivity contribution in [2.24, 2.45) is 0 Å². The first-order valence-corrected chi connectivity index (χ1v) is 17.9. The number of aromatic nitrogens is 3. The molecule has 9 aromatic carbocycles. The number of furan rings is 1. The van der Waals surface area contributed by atoms with Gasteiger partial charge < -0.3 is 4.42 Å². The third-order valence-electron chi connectivity index (χ3n) is 10.5. The van der Waals surface area contributed by atoms with Gasteiger partial charge in [0.1, 0.15) is 11.2 Å². The molecule has 0 saturated carbocycles. The average Bonchev–Trinajstić information content (AvgIpc) is 3.62. The van der Waals surface area contributed by atoms with E-state index in [2.05, 4.69) is 146 Å².